The van der Waals surface area contributed by atoms with E-state index in [2.05, 4.69) is 63.5 Å². The van der Waals surface area contributed by atoms with Crippen molar-refractivity contribution in [3.8, 4) is 0 Å². The first-order chi connectivity index (χ1) is 11.6. The van der Waals surface area contributed by atoms with E-state index in [1.54, 1.807) is 0 Å². The van der Waals surface area contributed by atoms with Gasteiger partial charge in [-0.3, -0.25) is 0 Å². The lowest BCUT2D eigenvalue weighted by Crippen LogP contribution is -2.45. The normalized spacial score (nSPS) is 12.8. The second kappa shape index (κ2) is 8.57. The third-order valence-electron chi connectivity index (χ3n) is 3.35. The van der Waals surface area contributed by atoms with Gasteiger partial charge in [-0.25, -0.2) is 0 Å². The first-order valence-corrected chi connectivity index (χ1v) is 17.0. The van der Waals surface area contributed by atoms with E-state index in [1.807, 2.05) is 36.4 Å². The summed E-state index contributed by atoms with van der Waals surface area (Å²) < 4.78 is 19.2. The van der Waals surface area contributed by atoms with E-state index in [4.69, 9.17) is 12.7 Å². The molecule has 0 amide bonds. The Labute approximate surface area is 156 Å². The molecule has 0 unspecified atom stereocenters. The molecular formula is C19H30O3Si3. The van der Waals surface area contributed by atoms with Gasteiger partial charge in [0.2, 0.25) is 0 Å². The summed E-state index contributed by atoms with van der Waals surface area (Å²) in [6, 6.07) is 20.6. The molecule has 136 valence electrons. The van der Waals surface area contributed by atoms with Crippen LogP contribution in [0.1, 0.15) is 17.2 Å². The van der Waals surface area contributed by atoms with Crippen molar-refractivity contribution in [3.05, 3.63) is 71.8 Å². The molecule has 2 aromatic rings. The van der Waals surface area contributed by atoms with Gasteiger partial charge < -0.3 is 12.7 Å². The molecule has 0 aliphatic heterocycles. The van der Waals surface area contributed by atoms with Gasteiger partial charge >= 0.3 is 9.53 Å². The maximum Gasteiger partial charge on any atom is 0.463 e. The highest BCUT2D eigenvalue weighted by molar-refractivity contribution is 6.79. The zero-order chi connectivity index (χ0) is 18.5. The minimum Gasteiger partial charge on any atom is -0.419 e. The molecule has 2 aromatic carbocycles. The van der Waals surface area contributed by atoms with Crippen molar-refractivity contribution in [1.29, 1.82) is 0 Å². The summed E-state index contributed by atoms with van der Waals surface area (Å²) in [6.07, 6.45) is -0.160. The Hall–Kier alpha value is -1.03. The van der Waals surface area contributed by atoms with Gasteiger partial charge in [0.1, 0.15) is 6.10 Å². The van der Waals surface area contributed by atoms with Crippen LogP contribution >= 0.6 is 0 Å². The van der Waals surface area contributed by atoms with Crippen LogP contribution in [0, 0.1) is 0 Å². The standard InChI is InChI=1S/C19H30O3Si3/c1-24(2,3)21-23(22-25(4,5)6)20-19(17-13-9-7-10-14-17)18-15-11-8-12-16-18/h7-16,19,23H,1-6H3. The minimum atomic E-state index is -2.26. The fraction of sp³-hybridized carbons (Fsp3) is 0.368. The number of hydrogen-bond acceptors (Lipinski definition) is 3. The van der Waals surface area contributed by atoms with Crippen molar-refractivity contribution in [3.63, 3.8) is 0 Å². The first-order valence-electron chi connectivity index (χ1n) is 8.75. The van der Waals surface area contributed by atoms with Gasteiger partial charge in [0.25, 0.3) is 0 Å². The topological polar surface area (TPSA) is 27.7 Å². The maximum absolute atomic E-state index is 6.54. The molecule has 0 N–H and O–H groups in total. The number of rotatable bonds is 8. The molecule has 6 heteroatoms. The molecule has 0 radical (unpaired) electrons. The smallest absolute Gasteiger partial charge is 0.419 e. The van der Waals surface area contributed by atoms with Crippen molar-refractivity contribution in [2.45, 2.75) is 45.4 Å². The van der Waals surface area contributed by atoms with Crippen LogP contribution in [0.2, 0.25) is 39.3 Å². The Bertz CT molecular complexity index is 581. The van der Waals surface area contributed by atoms with E-state index < -0.39 is 26.2 Å². The summed E-state index contributed by atoms with van der Waals surface area (Å²) in [7, 11) is -5.77. The van der Waals surface area contributed by atoms with Crippen LogP contribution in [0.25, 0.3) is 0 Å². The molecule has 0 heterocycles. The van der Waals surface area contributed by atoms with E-state index in [-0.39, 0.29) is 6.10 Å². The molecule has 0 aliphatic carbocycles. The molecule has 0 aliphatic rings. The Morgan fingerprint density at radius 2 is 1.00 bits per heavy atom. The second-order valence-electron chi connectivity index (χ2n) is 8.09. The summed E-state index contributed by atoms with van der Waals surface area (Å²) in [5.41, 5.74) is 2.26. The van der Waals surface area contributed by atoms with E-state index in [9.17, 15) is 0 Å². The van der Waals surface area contributed by atoms with Gasteiger partial charge in [0.05, 0.1) is 0 Å². The van der Waals surface area contributed by atoms with Crippen LogP contribution in [0.4, 0.5) is 0 Å². The Morgan fingerprint density at radius 1 is 0.640 bits per heavy atom. The number of hydrogen-bond donors (Lipinski definition) is 0. The molecule has 2 rings (SSSR count). The van der Waals surface area contributed by atoms with Gasteiger partial charge in [0, 0.05) is 0 Å². The zero-order valence-corrected chi connectivity index (χ0v) is 19.3. The number of benzene rings is 2. The van der Waals surface area contributed by atoms with E-state index in [0.29, 0.717) is 0 Å². The van der Waals surface area contributed by atoms with Gasteiger partial charge in [0.15, 0.2) is 16.6 Å². The van der Waals surface area contributed by atoms with Crippen LogP contribution in [-0.4, -0.2) is 26.2 Å². The van der Waals surface area contributed by atoms with Crippen LogP contribution < -0.4 is 0 Å². The zero-order valence-electron chi connectivity index (χ0n) is 16.2. The van der Waals surface area contributed by atoms with Gasteiger partial charge in [-0.1, -0.05) is 60.7 Å². The fourth-order valence-electron chi connectivity index (χ4n) is 2.37. The highest BCUT2D eigenvalue weighted by atomic mass is 28.5. The van der Waals surface area contributed by atoms with Gasteiger partial charge in [-0.15, -0.1) is 0 Å². The molecule has 0 saturated heterocycles. The van der Waals surface area contributed by atoms with Crippen LogP contribution in [-0.2, 0) is 12.7 Å². The highest BCUT2D eigenvalue weighted by Gasteiger charge is 2.33. The van der Waals surface area contributed by atoms with Crippen molar-refractivity contribution >= 4 is 26.2 Å². The monoisotopic (exact) mass is 390 g/mol. The highest BCUT2D eigenvalue weighted by Crippen LogP contribution is 2.28. The van der Waals surface area contributed by atoms with Crippen molar-refractivity contribution in [2.75, 3.05) is 0 Å². The van der Waals surface area contributed by atoms with Gasteiger partial charge in [-0.05, 0) is 50.4 Å². The molecular weight excluding hydrogens is 360 g/mol. The van der Waals surface area contributed by atoms with Gasteiger partial charge in [-0.2, -0.15) is 0 Å². The largest absolute Gasteiger partial charge is 0.463 e. The molecule has 3 nitrogen and oxygen atoms in total. The summed E-state index contributed by atoms with van der Waals surface area (Å²) in [5, 5.41) is 0. The van der Waals surface area contributed by atoms with E-state index in [0.717, 1.165) is 11.1 Å². The van der Waals surface area contributed by atoms with Crippen LogP contribution in [0.5, 0.6) is 0 Å². The van der Waals surface area contributed by atoms with Crippen molar-refractivity contribution < 1.29 is 12.7 Å². The Balaban J connectivity index is 2.31. The molecule has 0 spiro atoms. The predicted molar refractivity (Wildman–Crippen MR) is 112 cm³/mol. The second-order valence-corrected chi connectivity index (χ2v) is 19.3. The summed E-state index contributed by atoms with van der Waals surface area (Å²) in [4.78, 5) is 0. The summed E-state index contributed by atoms with van der Waals surface area (Å²) in [6.45, 7) is 13.1. The average Bonchev–Trinajstić information content (AvgIpc) is 2.51. The lowest BCUT2D eigenvalue weighted by molar-refractivity contribution is 0.153. The predicted octanol–water partition coefficient (Wildman–Crippen LogP) is 5.21. The maximum atomic E-state index is 6.54. The van der Waals surface area contributed by atoms with Crippen LogP contribution in [0.15, 0.2) is 60.7 Å². The Kier molecular flexibility index (Phi) is 6.95. The molecule has 0 atom stereocenters. The minimum absolute atomic E-state index is 0.160. The Morgan fingerprint density at radius 3 is 1.32 bits per heavy atom. The summed E-state index contributed by atoms with van der Waals surface area (Å²) >= 11 is 0. The lowest BCUT2D eigenvalue weighted by atomic mass is 10.0. The van der Waals surface area contributed by atoms with E-state index in [1.165, 1.54) is 0 Å². The molecule has 0 fully saturated rings. The van der Waals surface area contributed by atoms with Crippen molar-refractivity contribution in [1.82, 2.24) is 0 Å². The lowest BCUT2D eigenvalue weighted by Gasteiger charge is -2.32. The van der Waals surface area contributed by atoms with Crippen LogP contribution in [0.3, 0.4) is 0 Å². The first kappa shape index (κ1) is 20.3. The van der Waals surface area contributed by atoms with Crippen molar-refractivity contribution in [2.24, 2.45) is 0 Å². The van der Waals surface area contributed by atoms with E-state index >= 15 is 0 Å². The fourth-order valence-corrected chi connectivity index (χ4v) is 8.60. The molecule has 0 saturated carbocycles. The average molecular weight is 391 g/mol. The molecule has 0 aromatic heterocycles. The summed E-state index contributed by atoms with van der Waals surface area (Å²) in [5.74, 6) is 0. The SMILES string of the molecule is C[Si](C)(C)O[SiH](OC(c1ccccc1)c1ccccc1)O[Si](C)(C)C. The quantitative estimate of drug-likeness (QED) is 0.579. The third-order valence-corrected chi connectivity index (χ3v) is 11.0. The molecule has 0 bridgehead atoms. The third kappa shape index (κ3) is 7.39. The molecule has 25 heavy (non-hydrogen) atoms.